The number of alkyl carbamates (subject to hydrolysis) is 1. The van der Waals surface area contributed by atoms with Gasteiger partial charge in [0.25, 0.3) is 0 Å². The number of hydrogen-bond acceptors (Lipinski definition) is 10. The van der Waals surface area contributed by atoms with Crippen LogP contribution < -0.4 is 10.6 Å². The fourth-order valence-electron chi connectivity index (χ4n) is 7.67. The summed E-state index contributed by atoms with van der Waals surface area (Å²) in [6.45, 7) is 9.04. The number of carbonyl (C=O) groups excluding carboxylic acids is 4. The molecule has 348 valence electrons. The van der Waals surface area contributed by atoms with E-state index in [2.05, 4.69) is 41.8 Å². The molecular weight excluding hydrogens is 789 g/mol. The molecule has 2 aromatic rings. The van der Waals surface area contributed by atoms with E-state index in [1.54, 1.807) is 6.92 Å². The minimum atomic E-state index is -0.462. The molecule has 0 aliphatic heterocycles. The van der Waals surface area contributed by atoms with Crippen molar-refractivity contribution in [2.45, 2.75) is 129 Å². The van der Waals surface area contributed by atoms with Crippen LogP contribution in [0.25, 0.3) is 11.1 Å². The van der Waals surface area contributed by atoms with Crippen LogP contribution in [-0.4, -0.2) is 109 Å². The SMILES string of the molecule is CCCCCCCCCCCCCC(=O)CC(CCCCNC(=O)CCOCCOCCOCCOCCOCCNC(=O)OCC1c2ccccc2-c2ccccc21)C(C)=O. The first kappa shape index (κ1) is 52.7. The molecule has 62 heavy (non-hydrogen) atoms. The lowest BCUT2D eigenvalue weighted by Crippen LogP contribution is -2.29. The Hall–Kier alpha value is -3.68. The molecule has 1 aliphatic rings. The van der Waals surface area contributed by atoms with E-state index >= 15 is 0 Å². The molecule has 3 rings (SSSR count). The average Bonchev–Trinajstić information content (AvgIpc) is 3.59. The topological polar surface area (TPSA) is 148 Å². The van der Waals surface area contributed by atoms with Gasteiger partial charge in [0, 0.05) is 44.2 Å². The van der Waals surface area contributed by atoms with E-state index in [9.17, 15) is 19.2 Å². The Labute approximate surface area is 372 Å². The molecule has 1 aliphatic carbocycles. The summed E-state index contributed by atoms with van der Waals surface area (Å²) in [7, 11) is 0. The van der Waals surface area contributed by atoms with Gasteiger partial charge in [0.15, 0.2) is 0 Å². The first-order valence-corrected chi connectivity index (χ1v) is 23.7. The lowest BCUT2D eigenvalue weighted by molar-refractivity contribution is -0.127. The maximum absolute atomic E-state index is 12.5. The second-order valence-electron chi connectivity index (χ2n) is 16.2. The minimum absolute atomic E-state index is 0.0269. The van der Waals surface area contributed by atoms with Crippen LogP contribution >= 0.6 is 0 Å². The second-order valence-corrected chi connectivity index (χ2v) is 16.2. The monoisotopic (exact) mass is 867 g/mol. The Balaban J connectivity index is 1.01. The maximum atomic E-state index is 12.5. The molecular formula is C50H78N2O10. The highest BCUT2D eigenvalue weighted by molar-refractivity contribution is 5.86. The van der Waals surface area contributed by atoms with Crippen LogP contribution in [0.15, 0.2) is 48.5 Å². The molecule has 0 bridgehead atoms. The van der Waals surface area contributed by atoms with Crippen molar-refractivity contribution in [2.24, 2.45) is 5.92 Å². The molecule has 1 atom stereocenters. The van der Waals surface area contributed by atoms with E-state index in [1.165, 1.54) is 80.0 Å². The summed E-state index contributed by atoms with van der Waals surface area (Å²) < 4.78 is 33.2. The zero-order valence-electron chi connectivity index (χ0n) is 38.1. The molecule has 0 saturated heterocycles. The van der Waals surface area contributed by atoms with Gasteiger partial charge in [0.1, 0.15) is 18.2 Å². The number of ketones is 2. The fourth-order valence-corrected chi connectivity index (χ4v) is 7.67. The summed E-state index contributed by atoms with van der Waals surface area (Å²) in [6, 6.07) is 16.5. The Morgan fingerprint density at radius 3 is 1.60 bits per heavy atom. The number of hydrogen-bond donors (Lipinski definition) is 2. The van der Waals surface area contributed by atoms with Gasteiger partial charge in [-0.2, -0.15) is 0 Å². The summed E-state index contributed by atoms with van der Waals surface area (Å²) >= 11 is 0. The Morgan fingerprint density at radius 2 is 1.05 bits per heavy atom. The standard InChI is InChI=1S/C50H78N2O10/c1-3-4-5-6-7-8-9-10-11-12-13-21-43(54)39-42(41(2)53)20-18-19-27-51-49(55)26-29-57-31-33-59-35-37-61-38-36-60-34-32-58-30-28-52-50(56)62-40-48-46-24-16-14-22-44(46)45-23-15-17-25-47(45)48/h14-17,22-25,42,48H,3-13,18-21,26-40H2,1-2H3,(H,51,55)(H,52,56). The van der Waals surface area contributed by atoms with Crippen LogP contribution in [0.4, 0.5) is 4.79 Å². The third kappa shape index (κ3) is 23.7. The molecule has 1 unspecified atom stereocenters. The average molecular weight is 867 g/mol. The lowest BCUT2D eigenvalue weighted by atomic mass is 9.91. The van der Waals surface area contributed by atoms with Crippen LogP contribution in [0.2, 0.25) is 0 Å². The first-order valence-electron chi connectivity index (χ1n) is 23.7. The van der Waals surface area contributed by atoms with Crippen molar-refractivity contribution in [1.29, 1.82) is 0 Å². The maximum Gasteiger partial charge on any atom is 0.407 e. The van der Waals surface area contributed by atoms with Gasteiger partial charge in [-0.15, -0.1) is 0 Å². The highest BCUT2D eigenvalue weighted by Gasteiger charge is 2.29. The summed E-state index contributed by atoms with van der Waals surface area (Å²) in [5, 5.41) is 5.65. The van der Waals surface area contributed by atoms with E-state index < -0.39 is 6.09 Å². The van der Waals surface area contributed by atoms with Gasteiger partial charge in [-0.25, -0.2) is 4.79 Å². The van der Waals surface area contributed by atoms with E-state index in [-0.39, 0.29) is 42.3 Å². The number of ether oxygens (including phenoxy) is 6. The van der Waals surface area contributed by atoms with Crippen LogP contribution in [0.5, 0.6) is 0 Å². The van der Waals surface area contributed by atoms with Gasteiger partial charge in [0.2, 0.25) is 5.91 Å². The van der Waals surface area contributed by atoms with Gasteiger partial charge >= 0.3 is 6.09 Å². The number of unbranched alkanes of at least 4 members (excludes halogenated alkanes) is 11. The predicted molar refractivity (Wildman–Crippen MR) is 244 cm³/mol. The minimum Gasteiger partial charge on any atom is -0.449 e. The van der Waals surface area contributed by atoms with Crippen LogP contribution in [0.3, 0.4) is 0 Å². The summed E-state index contributed by atoms with van der Waals surface area (Å²) in [5.74, 6) is 0.0237. The number of nitrogens with one attached hydrogen (secondary N) is 2. The Kier molecular flexibility index (Phi) is 29.5. The molecule has 0 heterocycles. The Bertz CT molecular complexity index is 1470. The normalized spacial score (nSPS) is 12.5. The fraction of sp³-hybridized carbons (Fsp3) is 0.680. The molecule has 2 N–H and O–H groups in total. The van der Waals surface area contributed by atoms with Crippen LogP contribution in [-0.2, 0) is 42.8 Å². The van der Waals surface area contributed by atoms with Crippen molar-refractivity contribution < 1.29 is 47.6 Å². The zero-order chi connectivity index (χ0) is 44.3. The summed E-state index contributed by atoms with van der Waals surface area (Å²) in [5.41, 5.74) is 4.75. The second kappa shape index (κ2) is 34.8. The zero-order valence-corrected chi connectivity index (χ0v) is 38.1. The molecule has 0 fully saturated rings. The number of fused-ring (bicyclic) bond motifs is 3. The van der Waals surface area contributed by atoms with Crippen molar-refractivity contribution in [3.8, 4) is 11.1 Å². The first-order chi connectivity index (χ1) is 30.4. The molecule has 12 nitrogen and oxygen atoms in total. The van der Waals surface area contributed by atoms with Crippen molar-refractivity contribution in [3.63, 3.8) is 0 Å². The van der Waals surface area contributed by atoms with Crippen molar-refractivity contribution in [1.82, 2.24) is 10.6 Å². The largest absolute Gasteiger partial charge is 0.449 e. The number of rotatable bonds is 40. The van der Waals surface area contributed by atoms with Gasteiger partial charge in [-0.3, -0.25) is 14.4 Å². The highest BCUT2D eigenvalue weighted by Crippen LogP contribution is 2.44. The van der Waals surface area contributed by atoms with E-state index in [1.807, 2.05) is 24.3 Å². The summed E-state index contributed by atoms with van der Waals surface area (Å²) in [4.78, 5) is 49.1. The van der Waals surface area contributed by atoms with Crippen molar-refractivity contribution in [2.75, 3.05) is 85.8 Å². The van der Waals surface area contributed by atoms with Crippen molar-refractivity contribution >= 4 is 23.6 Å². The highest BCUT2D eigenvalue weighted by atomic mass is 16.6. The smallest absolute Gasteiger partial charge is 0.407 e. The third-order valence-corrected chi connectivity index (χ3v) is 11.2. The van der Waals surface area contributed by atoms with Gasteiger partial charge < -0.3 is 39.1 Å². The molecule has 0 saturated carbocycles. The third-order valence-electron chi connectivity index (χ3n) is 11.2. The van der Waals surface area contributed by atoms with Gasteiger partial charge in [-0.05, 0) is 48.4 Å². The molecule has 0 radical (unpaired) electrons. The van der Waals surface area contributed by atoms with E-state index in [0.717, 1.165) is 25.7 Å². The van der Waals surface area contributed by atoms with Gasteiger partial charge in [-0.1, -0.05) is 126 Å². The summed E-state index contributed by atoms with van der Waals surface area (Å²) in [6.07, 6.45) is 16.8. The van der Waals surface area contributed by atoms with E-state index in [4.69, 9.17) is 28.4 Å². The molecule has 0 spiro atoms. The number of Topliss-reactive ketones (excluding diaryl/α,β-unsaturated/α-hetero) is 2. The van der Waals surface area contributed by atoms with Gasteiger partial charge in [0.05, 0.1) is 66.1 Å². The number of benzene rings is 2. The predicted octanol–water partition coefficient (Wildman–Crippen LogP) is 9.15. The molecule has 2 aromatic carbocycles. The quantitative estimate of drug-likeness (QED) is 0.0622. The molecule has 0 aromatic heterocycles. The lowest BCUT2D eigenvalue weighted by Gasteiger charge is -2.14. The molecule has 2 amide bonds. The van der Waals surface area contributed by atoms with Crippen LogP contribution in [0.1, 0.15) is 140 Å². The van der Waals surface area contributed by atoms with E-state index in [0.29, 0.717) is 98.4 Å². The number of amides is 2. The van der Waals surface area contributed by atoms with Crippen LogP contribution in [0, 0.1) is 5.92 Å². The number of carbonyl (C=O) groups is 4. The Morgan fingerprint density at radius 1 is 0.548 bits per heavy atom. The molecule has 12 heteroatoms. The van der Waals surface area contributed by atoms with Crippen molar-refractivity contribution in [3.05, 3.63) is 59.7 Å².